The van der Waals surface area contributed by atoms with Crippen LogP contribution in [0.5, 0.6) is 11.5 Å². The molecule has 164 valence electrons. The number of hydrogen-bond donors (Lipinski definition) is 1. The van der Waals surface area contributed by atoms with E-state index in [0.29, 0.717) is 22.2 Å². The van der Waals surface area contributed by atoms with Crippen molar-refractivity contribution < 1.29 is 24.0 Å². The molecule has 0 saturated carbocycles. The van der Waals surface area contributed by atoms with Crippen molar-refractivity contribution >= 4 is 40.5 Å². The SMILES string of the molecule is COc1ccc(NC(=O)C(C)N2C(=O)C(C(C)C)Oc3ccc([N+](=O)[O-])cc32)cc1Cl. The molecule has 2 aromatic rings. The zero-order valence-electron chi connectivity index (χ0n) is 17.4. The molecule has 2 unspecified atom stereocenters. The van der Waals surface area contributed by atoms with E-state index in [4.69, 9.17) is 21.1 Å². The summed E-state index contributed by atoms with van der Waals surface area (Å²) in [6.45, 7) is 5.19. The second kappa shape index (κ2) is 8.81. The highest BCUT2D eigenvalue weighted by atomic mass is 35.5. The molecule has 3 rings (SSSR count). The van der Waals surface area contributed by atoms with Crippen molar-refractivity contribution in [3.63, 3.8) is 0 Å². The summed E-state index contributed by atoms with van der Waals surface area (Å²) in [5.74, 6) is -0.350. The van der Waals surface area contributed by atoms with Crippen molar-refractivity contribution in [2.24, 2.45) is 5.92 Å². The highest BCUT2D eigenvalue weighted by Crippen LogP contribution is 2.39. The van der Waals surface area contributed by atoms with Crippen molar-refractivity contribution in [3.05, 3.63) is 51.5 Å². The number of nitrogens with one attached hydrogen (secondary N) is 1. The normalized spacial score (nSPS) is 16.4. The number of methoxy groups -OCH3 is 1. The Balaban J connectivity index is 1.95. The Kier molecular flexibility index (Phi) is 6.35. The first-order chi connectivity index (χ1) is 14.6. The summed E-state index contributed by atoms with van der Waals surface area (Å²) >= 11 is 6.11. The number of amides is 2. The molecular weight excluding hydrogens is 426 g/mol. The Morgan fingerprint density at radius 2 is 1.97 bits per heavy atom. The zero-order chi connectivity index (χ0) is 22.9. The lowest BCUT2D eigenvalue weighted by Crippen LogP contribution is -2.55. The first-order valence-electron chi connectivity index (χ1n) is 9.56. The number of rotatable bonds is 6. The van der Waals surface area contributed by atoms with Crippen LogP contribution in [0.15, 0.2) is 36.4 Å². The van der Waals surface area contributed by atoms with Gasteiger partial charge in [0.1, 0.15) is 17.5 Å². The van der Waals surface area contributed by atoms with Gasteiger partial charge in [-0.2, -0.15) is 0 Å². The Morgan fingerprint density at radius 3 is 2.55 bits per heavy atom. The van der Waals surface area contributed by atoms with Crippen LogP contribution >= 0.6 is 11.6 Å². The van der Waals surface area contributed by atoms with Gasteiger partial charge in [0.2, 0.25) is 5.91 Å². The van der Waals surface area contributed by atoms with Crippen molar-refractivity contribution in [2.75, 3.05) is 17.3 Å². The second-order valence-corrected chi connectivity index (χ2v) is 7.82. The highest BCUT2D eigenvalue weighted by Gasteiger charge is 2.41. The molecule has 1 heterocycles. The van der Waals surface area contributed by atoms with Crippen LogP contribution in [0.3, 0.4) is 0 Å². The average molecular weight is 448 g/mol. The molecule has 9 nitrogen and oxygen atoms in total. The van der Waals surface area contributed by atoms with Gasteiger partial charge in [0.25, 0.3) is 11.6 Å². The number of hydrogen-bond acceptors (Lipinski definition) is 6. The van der Waals surface area contributed by atoms with Gasteiger partial charge in [0.15, 0.2) is 6.10 Å². The molecule has 0 aromatic heterocycles. The fourth-order valence-electron chi connectivity index (χ4n) is 3.28. The smallest absolute Gasteiger partial charge is 0.271 e. The third-order valence-corrected chi connectivity index (χ3v) is 5.23. The molecule has 2 aromatic carbocycles. The molecule has 1 aliphatic heterocycles. The Morgan fingerprint density at radius 1 is 1.26 bits per heavy atom. The summed E-state index contributed by atoms with van der Waals surface area (Å²) in [5.41, 5.74) is 0.382. The summed E-state index contributed by atoms with van der Waals surface area (Å²) in [6, 6.07) is 7.76. The Hall–Kier alpha value is -3.33. The van der Waals surface area contributed by atoms with Crippen molar-refractivity contribution in [2.45, 2.75) is 32.9 Å². The van der Waals surface area contributed by atoms with Crippen molar-refractivity contribution in [1.29, 1.82) is 0 Å². The van der Waals surface area contributed by atoms with Gasteiger partial charge in [0, 0.05) is 17.8 Å². The van der Waals surface area contributed by atoms with E-state index in [1.165, 1.54) is 36.3 Å². The van der Waals surface area contributed by atoms with Gasteiger partial charge in [0.05, 0.1) is 22.7 Å². The van der Waals surface area contributed by atoms with E-state index in [0.717, 1.165) is 0 Å². The predicted octanol–water partition coefficient (Wildman–Crippen LogP) is 4.03. The minimum absolute atomic E-state index is 0.172. The number of carbonyl (C=O) groups excluding carboxylic acids is 2. The molecule has 1 aliphatic rings. The zero-order valence-corrected chi connectivity index (χ0v) is 18.2. The van der Waals surface area contributed by atoms with Crippen LogP contribution in [-0.4, -0.2) is 36.0 Å². The Bertz CT molecular complexity index is 1040. The van der Waals surface area contributed by atoms with E-state index in [2.05, 4.69) is 5.32 Å². The number of ether oxygens (including phenoxy) is 2. The number of non-ortho nitro benzene ring substituents is 1. The topological polar surface area (TPSA) is 111 Å². The number of benzene rings is 2. The summed E-state index contributed by atoms with van der Waals surface area (Å²) in [4.78, 5) is 38.0. The van der Waals surface area contributed by atoms with E-state index in [-0.39, 0.29) is 17.3 Å². The average Bonchev–Trinajstić information content (AvgIpc) is 2.72. The van der Waals surface area contributed by atoms with Crippen LogP contribution in [-0.2, 0) is 9.59 Å². The molecule has 0 saturated heterocycles. The number of carbonyl (C=O) groups is 2. The highest BCUT2D eigenvalue weighted by molar-refractivity contribution is 6.32. The van der Waals surface area contributed by atoms with E-state index in [9.17, 15) is 19.7 Å². The lowest BCUT2D eigenvalue weighted by atomic mass is 10.0. The number of anilines is 2. The minimum atomic E-state index is -0.973. The van der Waals surface area contributed by atoms with Crippen LogP contribution in [0.2, 0.25) is 5.02 Å². The van der Waals surface area contributed by atoms with E-state index in [1.54, 1.807) is 19.1 Å². The van der Waals surface area contributed by atoms with Gasteiger partial charge < -0.3 is 14.8 Å². The molecular formula is C21H22ClN3O6. The van der Waals surface area contributed by atoms with Crippen LogP contribution in [0.4, 0.5) is 17.1 Å². The standard InChI is InChI=1S/C21H22ClN3O6/c1-11(2)19-21(27)24(16-10-14(25(28)29)6-8-18(16)31-19)12(3)20(26)23-13-5-7-17(30-4)15(22)9-13/h5-12,19H,1-4H3,(H,23,26). The van der Waals surface area contributed by atoms with Crippen LogP contribution in [0.25, 0.3) is 0 Å². The first-order valence-corrected chi connectivity index (χ1v) is 9.94. The molecule has 31 heavy (non-hydrogen) atoms. The number of fused-ring (bicyclic) bond motifs is 1. The molecule has 0 fully saturated rings. The Labute approximate surface area is 184 Å². The number of nitrogens with zero attached hydrogens (tertiary/aromatic N) is 2. The van der Waals surface area contributed by atoms with Gasteiger partial charge in [-0.25, -0.2) is 0 Å². The molecule has 1 N–H and O–H groups in total. The third-order valence-electron chi connectivity index (χ3n) is 4.94. The van der Waals surface area contributed by atoms with Gasteiger partial charge >= 0.3 is 0 Å². The second-order valence-electron chi connectivity index (χ2n) is 7.41. The lowest BCUT2D eigenvalue weighted by molar-refractivity contribution is -0.384. The summed E-state index contributed by atoms with van der Waals surface area (Å²) < 4.78 is 10.9. The molecule has 2 atom stereocenters. The third kappa shape index (κ3) is 4.41. The van der Waals surface area contributed by atoms with E-state index < -0.39 is 28.9 Å². The number of nitro groups is 1. The first kappa shape index (κ1) is 22.4. The minimum Gasteiger partial charge on any atom is -0.495 e. The molecule has 0 spiro atoms. The predicted molar refractivity (Wildman–Crippen MR) is 116 cm³/mol. The van der Waals surface area contributed by atoms with Crippen molar-refractivity contribution in [1.82, 2.24) is 0 Å². The maximum absolute atomic E-state index is 13.2. The monoisotopic (exact) mass is 447 g/mol. The van der Waals surface area contributed by atoms with Gasteiger partial charge in [-0.15, -0.1) is 0 Å². The number of nitro benzene ring substituents is 1. The van der Waals surface area contributed by atoms with Crippen LogP contribution < -0.4 is 19.7 Å². The summed E-state index contributed by atoms with van der Waals surface area (Å²) in [5, 5.41) is 14.3. The fraction of sp³-hybridized carbons (Fsp3) is 0.333. The van der Waals surface area contributed by atoms with Crippen LogP contribution in [0.1, 0.15) is 20.8 Å². The maximum Gasteiger partial charge on any atom is 0.271 e. The van der Waals surface area contributed by atoms with Gasteiger partial charge in [-0.05, 0) is 37.1 Å². The summed E-state index contributed by atoms with van der Waals surface area (Å²) in [6.07, 6.45) is -0.820. The molecule has 0 radical (unpaired) electrons. The molecule has 2 amide bonds. The lowest BCUT2D eigenvalue weighted by Gasteiger charge is -2.38. The summed E-state index contributed by atoms with van der Waals surface area (Å²) in [7, 11) is 1.48. The molecule has 0 bridgehead atoms. The fourth-order valence-corrected chi connectivity index (χ4v) is 3.54. The number of halogens is 1. The van der Waals surface area contributed by atoms with E-state index >= 15 is 0 Å². The molecule has 10 heteroatoms. The van der Waals surface area contributed by atoms with Crippen LogP contribution in [0, 0.1) is 16.0 Å². The maximum atomic E-state index is 13.2. The quantitative estimate of drug-likeness (QED) is 0.528. The van der Waals surface area contributed by atoms with Gasteiger partial charge in [-0.1, -0.05) is 25.4 Å². The molecule has 0 aliphatic carbocycles. The van der Waals surface area contributed by atoms with Gasteiger partial charge in [-0.3, -0.25) is 24.6 Å². The van der Waals surface area contributed by atoms with Crippen molar-refractivity contribution in [3.8, 4) is 11.5 Å². The van der Waals surface area contributed by atoms with E-state index in [1.807, 2.05) is 13.8 Å². The largest absolute Gasteiger partial charge is 0.495 e.